The van der Waals surface area contributed by atoms with Crippen LogP contribution in [0.5, 0.6) is 0 Å². The van der Waals surface area contributed by atoms with Gasteiger partial charge in [-0.2, -0.15) is 0 Å². The van der Waals surface area contributed by atoms with E-state index in [9.17, 15) is 18.0 Å². The van der Waals surface area contributed by atoms with Crippen molar-refractivity contribution in [3.8, 4) is 0 Å². The lowest BCUT2D eigenvalue weighted by atomic mass is 10.2. The summed E-state index contributed by atoms with van der Waals surface area (Å²) in [5.74, 6) is -1.45. The molecular weight excluding hydrogens is 418 g/mol. The summed E-state index contributed by atoms with van der Waals surface area (Å²) < 4.78 is 35.6. The number of hydrogen-bond acceptors (Lipinski definition) is 6. The number of nitrogens with one attached hydrogen (secondary N) is 1. The highest BCUT2D eigenvalue weighted by Gasteiger charge is 2.22. The van der Waals surface area contributed by atoms with Crippen LogP contribution in [0.15, 0.2) is 76.2 Å². The molecule has 3 rings (SSSR count). The van der Waals surface area contributed by atoms with Crippen molar-refractivity contribution in [2.24, 2.45) is 0 Å². The Labute approximate surface area is 181 Å². The molecule has 7 nitrogen and oxygen atoms in total. The minimum Gasteiger partial charge on any atom is -0.462 e. The first kappa shape index (κ1) is 22.3. The van der Waals surface area contributed by atoms with Crippen molar-refractivity contribution in [3.05, 3.63) is 83.8 Å². The fraction of sp³-hybridized carbons (Fsp3) is 0.217. The second kappa shape index (κ2) is 10.1. The molecule has 0 aliphatic rings. The third kappa shape index (κ3) is 5.82. The van der Waals surface area contributed by atoms with Gasteiger partial charge in [0.2, 0.25) is 0 Å². The summed E-state index contributed by atoms with van der Waals surface area (Å²) in [6, 6.07) is 15.7. The quantitative estimate of drug-likeness (QED) is 0.388. The first-order chi connectivity index (χ1) is 14.9. The van der Waals surface area contributed by atoms with Crippen molar-refractivity contribution in [1.82, 2.24) is 0 Å². The number of anilines is 1. The van der Waals surface area contributed by atoms with Crippen molar-refractivity contribution in [3.63, 3.8) is 0 Å². The van der Waals surface area contributed by atoms with Crippen LogP contribution in [-0.2, 0) is 20.3 Å². The van der Waals surface area contributed by atoms with E-state index in [-0.39, 0.29) is 22.0 Å². The molecule has 0 spiro atoms. The molecule has 0 fully saturated rings. The zero-order chi connectivity index (χ0) is 22.3. The van der Waals surface area contributed by atoms with Crippen LogP contribution < -0.4 is 5.32 Å². The summed E-state index contributed by atoms with van der Waals surface area (Å²) in [5, 5.41) is 2.65. The number of esters is 1. The van der Waals surface area contributed by atoms with E-state index in [1.807, 2.05) is 6.92 Å². The molecule has 0 bridgehead atoms. The van der Waals surface area contributed by atoms with Crippen molar-refractivity contribution < 1.29 is 27.2 Å². The van der Waals surface area contributed by atoms with Crippen molar-refractivity contribution in [2.45, 2.75) is 30.4 Å². The van der Waals surface area contributed by atoms with E-state index in [1.165, 1.54) is 24.5 Å². The SMILES string of the molecule is CCCCOC(=O)c1ccc(NC(=O)c2occc2CS(=O)(=O)c2ccccc2)cc1. The highest BCUT2D eigenvalue weighted by molar-refractivity contribution is 7.90. The minimum atomic E-state index is -3.63. The van der Waals surface area contributed by atoms with Gasteiger partial charge in [-0.1, -0.05) is 31.5 Å². The Morgan fingerprint density at radius 3 is 2.39 bits per heavy atom. The lowest BCUT2D eigenvalue weighted by molar-refractivity contribution is 0.0499. The molecular formula is C23H23NO6S. The van der Waals surface area contributed by atoms with Crippen molar-refractivity contribution in [1.29, 1.82) is 0 Å². The Bertz CT molecular complexity index is 1130. The Balaban J connectivity index is 1.67. The summed E-state index contributed by atoms with van der Waals surface area (Å²) >= 11 is 0. The molecule has 162 valence electrons. The smallest absolute Gasteiger partial charge is 0.338 e. The average Bonchev–Trinajstić information content (AvgIpc) is 3.22. The van der Waals surface area contributed by atoms with Gasteiger partial charge in [-0.3, -0.25) is 4.79 Å². The highest BCUT2D eigenvalue weighted by Crippen LogP contribution is 2.21. The number of carbonyl (C=O) groups excluding carboxylic acids is 2. The zero-order valence-corrected chi connectivity index (χ0v) is 17.9. The van der Waals surface area contributed by atoms with Gasteiger partial charge in [0.25, 0.3) is 5.91 Å². The van der Waals surface area contributed by atoms with E-state index in [0.29, 0.717) is 17.9 Å². The first-order valence-corrected chi connectivity index (χ1v) is 11.5. The topological polar surface area (TPSA) is 103 Å². The van der Waals surface area contributed by atoms with E-state index in [4.69, 9.17) is 9.15 Å². The van der Waals surface area contributed by atoms with Crippen LogP contribution in [0.2, 0.25) is 0 Å². The number of rotatable bonds is 9. The third-order valence-electron chi connectivity index (χ3n) is 4.51. The standard InChI is InChI=1S/C23H23NO6S/c1-2-3-14-30-23(26)17-9-11-19(12-10-17)24-22(25)21-18(13-15-29-21)16-31(27,28)20-7-5-4-6-8-20/h4-13,15H,2-3,14,16H2,1H3,(H,24,25). The fourth-order valence-corrected chi connectivity index (χ4v) is 4.21. The Hall–Kier alpha value is -3.39. The summed E-state index contributed by atoms with van der Waals surface area (Å²) in [5.41, 5.74) is 1.07. The number of carbonyl (C=O) groups is 2. The number of hydrogen-bond donors (Lipinski definition) is 1. The van der Waals surface area contributed by atoms with Gasteiger partial charge in [0.05, 0.1) is 29.1 Å². The van der Waals surface area contributed by atoms with Crippen LogP contribution in [0.3, 0.4) is 0 Å². The van der Waals surface area contributed by atoms with Gasteiger partial charge in [-0.15, -0.1) is 0 Å². The van der Waals surface area contributed by atoms with Crippen molar-refractivity contribution in [2.75, 3.05) is 11.9 Å². The molecule has 0 saturated carbocycles. The molecule has 0 saturated heterocycles. The average molecular weight is 442 g/mol. The molecule has 0 aliphatic carbocycles. The first-order valence-electron chi connectivity index (χ1n) is 9.83. The van der Waals surface area contributed by atoms with Crippen LogP contribution in [0, 0.1) is 0 Å². The maximum Gasteiger partial charge on any atom is 0.338 e. The molecule has 1 heterocycles. The second-order valence-corrected chi connectivity index (χ2v) is 8.86. The number of amides is 1. The van der Waals surface area contributed by atoms with E-state index in [2.05, 4.69) is 5.32 Å². The van der Waals surface area contributed by atoms with E-state index < -0.39 is 21.7 Å². The Kier molecular flexibility index (Phi) is 7.25. The summed E-state index contributed by atoms with van der Waals surface area (Å²) in [6.07, 6.45) is 3.01. The number of furan rings is 1. The molecule has 0 atom stereocenters. The molecule has 2 aromatic carbocycles. The fourth-order valence-electron chi connectivity index (χ4n) is 2.83. The maximum atomic E-state index is 12.6. The van der Waals surface area contributed by atoms with Gasteiger partial charge in [-0.05, 0) is 48.9 Å². The number of unbranched alkanes of at least 4 members (excludes halogenated alkanes) is 1. The molecule has 8 heteroatoms. The monoisotopic (exact) mass is 441 g/mol. The largest absolute Gasteiger partial charge is 0.462 e. The van der Waals surface area contributed by atoms with E-state index >= 15 is 0 Å². The Morgan fingerprint density at radius 1 is 1.00 bits per heavy atom. The van der Waals surface area contributed by atoms with E-state index in [1.54, 1.807) is 42.5 Å². The molecule has 0 radical (unpaired) electrons. The zero-order valence-electron chi connectivity index (χ0n) is 17.0. The number of benzene rings is 2. The molecule has 3 aromatic rings. The summed E-state index contributed by atoms with van der Waals surface area (Å²) in [7, 11) is -3.63. The predicted octanol–water partition coefficient (Wildman–Crippen LogP) is 4.46. The minimum absolute atomic E-state index is 0.0810. The molecule has 1 aromatic heterocycles. The predicted molar refractivity (Wildman–Crippen MR) is 116 cm³/mol. The van der Waals surface area contributed by atoms with Crippen LogP contribution in [0.25, 0.3) is 0 Å². The molecule has 0 aliphatic heterocycles. The van der Waals surface area contributed by atoms with Gasteiger partial charge >= 0.3 is 5.97 Å². The van der Waals surface area contributed by atoms with Gasteiger partial charge in [0.15, 0.2) is 15.6 Å². The lowest BCUT2D eigenvalue weighted by Gasteiger charge is -2.08. The second-order valence-electron chi connectivity index (χ2n) is 6.87. The van der Waals surface area contributed by atoms with Crippen LogP contribution >= 0.6 is 0 Å². The van der Waals surface area contributed by atoms with Gasteiger partial charge < -0.3 is 14.5 Å². The van der Waals surface area contributed by atoms with Crippen LogP contribution in [0.4, 0.5) is 5.69 Å². The van der Waals surface area contributed by atoms with Crippen LogP contribution in [0.1, 0.15) is 46.2 Å². The highest BCUT2D eigenvalue weighted by atomic mass is 32.2. The molecule has 0 unspecified atom stereocenters. The Morgan fingerprint density at radius 2 is 1.71 bits per heavy atom. The van der Waals surface area contributed by atoms with Gasteiger partial charge in [-0.25, -0.2) is 13.2 Å². The summed E-state index contributed by atoms with van der Waals surface area (Å²) in [6.45, 7) is 2.37. The lowest BCUT2D eigenvalue weighted by Crippen LogP contribution is -2.15. The van der Waals surface area contributed by atoms with Crippen molar-refractivity contribution >= 4 is 27.4 Å². The molecule has 1 N–H and O–H groups in total. The maximum absolute atomic E-state index is 12.6. The molecule has 1 amide bonds. The third-order valence-corrected chi connectivity index (χ3v) is 6.19. The van der Waals surface area contributed by atoms with Gasteiger partial charge in [0.1, 0.15) is 0 Å². The normalized spacial score (nSPS) is 11.1. The number of ether oxygens (including phenoxy) is 1. The van der Waals surface area contributed by atoms with E-state index in [0.717, 1.165) is 12.8 Å². The van der Waals surface area contributed by atoms with Gasteiger partial charge in [0, 0.05) is 11.3 Å². The summed E-state index contributed by atoms with van der Waals surface area (Å²) in [4.78, 5) is 24.7. The molecule has 31 heavy (non-hydrogen) atoms. The van der Waals surface area contributed by atoms with Crippen LogP contribution in [-0.4, -0.2) is 26.9 Å². The number of sulfone groups is 1.